The lowest BCUT2D eigenvalue weighted by Crippen LogP contribution is -2.33. The molecule has 5 heteroatoms. The van der Waals surface area contributed by atoms with Crippen molar-refractivity contribution >= 4 is 11.5 Å². The molecule has 0 saturated carbocycles. The van der Waals surface area contributed by atoms with Crippen LogP contribution in [-0.4, -0.2) is 29.3 Å². The molecular formula is C14H25N3OS. The summed E-state index contributed by atoms with van der Waals surface area (Å²) in [7, 11) is 0. The highest BCUT2D eigenvalue weighted by Gasteiger charge is 2.32. The monoisotopic (exact) mass is 283 g/mol. The predicted molar refractivity (Wildman–Crippen MR) is 78.6 cm³/mol. The van der Waals surface area contributed by atoms with E-state index in [1.54, 1.807) is 11.5 Å². The van der Waals surface area contributed by atoms with Gasteiger partial charge in [-0.2, -0.15) is 0 Å². The summed E-state index contributed by atoms with van der Waals surface area (Å²) in [5.74, 6) is 0.636. The highest BCUT2D eigenvalue weighted by atomic mass is 32.1. The molecule has 0 spiro atoms. The molecule has 1 fully saturated rings. The van der Waals surface area contributed by atoms with Crippen LogP contribution in [0.5, 0.6) is 0 Å². The third-order valence-electron chi connectivity index (χ3n) is 3.67. The third-order valence-corrected chi connectivity index (χ3v) is 4.47. The Labute approximate surface area is 120 Å². The first-order chi connectivity index (χ1) is 9.04. The largest absolute Gasteiger partial charge is 0.381 e. The second-order valence-corrected chi connectivity index (χ2v) is 7.01. The van der Waals surface area contributed by atoms with Crippen LogP contribution in [0.2, 0.25) is 0 Å². The van der Waals surface area contributed by atoms with Crippen molar-refractivity contribution in [2.75, 3.05) is 19.8 Å². The average molecular weight is 283 g/mol. The van der Waals surface area contributed by atoms with Gasteiger partial charge in [0.1, 0.15) is 0 Å². The fraction of sp³-hybridized carbons (Fsp3) is 0.857. The Morgan fingerprint density at radius 2 is 2.05 bits per heavy atom. The summed E-state index contributed by atoms with van der Waals surface area (Å²) in [6.07, 6.45) is 2.25. The highest BCUT2D eigenvalue weighted by molar-refractivity contribution is 7.05. The molecule has 0 amide bonds. The maximum atomic E-state index is 5.49. The van der Waals surface area contributed by atoms with E-state index in [2.05, 4.69) is 42.6 Å². The minimum atomic E-state index is 0.0567. The summed E-state index contributed by atoms with van der Waals surface area (Å²) in [4.78, 5) is 1.32. The van der Waals surface area contributed by atoms with E-state index >= 15 is 0 Å². The molecule has 1 aliphatic rings. The zero-order valence-electron chi connectivity index (χ0n) is 12.4. The summed E-state index contributed by atoms with van der Waals surface area (Å²) in [6, 6.07) is 0.378. The van der Waals surface area contributed by atoms with Gasteiger partial charge in [0.2, 0.25) is 0 Å². The van der Waals surface area contributed by atoms with Gasteiger partial charge in [-0.1, -0.05) is 32.2 Å². The molecule has 2 heterocycles. The number of nitrogens with zero attached hydrogens (tertiary/aromatic N) is 2. The quantitative estimate of drug-likeness (QED) is 0.923. The number of hydrogen-bond donors (Lipinski definition) is 1. The van der Waals surface area contributed by atoms with Gasteiger partial charge in [-0.3, -0.25) is 0 Å². The summed E-state index contributed by atoms with van der Waals surface area (Å²) in [6.45, 7) is 11.5. The first-order valence-electron chi connectivity index (χ1n) is 7.18. The molecule has 19 heavy (non-hydrogen) atoms. The van der Waals surface area contributed by atoms with E-state index in [1.807, 2.05) is 0 Å². The van der Waals surface area contributed by atoms with Crippen LogP contribution >= 0.6 is 11.5 Å². The van der Waals surface area contributed by atoms with E-state index < -0.39 is 0 Å². The van der Waals surface area contributed by atoms with Gasteiger partial charge in [0.25, 0.3) is 0 Å². The lowest BCUT2D eigenvalue weighted by Gasteiger charge is -2.31. The van der Waals surface area contributed by atoms with Gasteiger partial charge in [0.05, 0.1) is 10.6 Å². The molecule has 1 N–H and O–H groups in total. The maximum absolute atomic E-state index is 5.49. The highest BCUT2D eigenvalue weighted by Crippen LogP contribution is 2.37. The summed E-state index contributed by atoms with van der Waals surface area (Å²) in [5, 5.41) is 8.02. The van der Waals surface area contributed by atoms with Gasteiger partial charge < -0.3 is 10.1 Å². The topological polar surface area (TPSA) is 47.0 Å². The molecule has 0 aromatic carbocycles. The molecule has 1 aromatic heterocycles. The molecule has 1 aliphatic heterocycles. The Balaban J connectivity index is 2.25. The Kier molecular flexibility index (Phi) is 4.92. The van der Waals surface area contributed by atoms with E-state index in [0.717, 1.165) is 38.3 Å². The van der Waals surface area contributed by atoms with Crippen LogP contribution < -0.4 is 5.32 Å². The molecular weight excluding hydrogens is 258 g/mol. The Hall–Kier alpha value is -0.520. The smallest absolute Gasteiger partial charge is 0.0857 e. The van der Waals surface area contributed by atoms with Crippen molar-refractivity contribution in [3.63, 3.8) is 0 Å². The number of aromatic nitrogens is 2. The molecule has 2 rings (SSSR count). The lowest BCUT2D eigenvalue weighted by atomic mass is 9.84. The Morgan fingerprint density at radius 3 is 2.63 bits per heavy atom. The van der Waals surface area contributed by atoms with Crippen molar-refractivity contribution in [1.82, 2.24) is 14.9 Å². The van der Waals surface area contributed by atoms with Crippen LogP contribution in [0.4, 0.5) is 0 Å². The van der Waals surface area contributed by atoms with Crippen molar-refractivity contribution in [1.29, 1.82) is 0 Å². The van der Waals surface area contributed by atoms with Crippen molar-refractivity contribution in [3.05, 3.63) is 10.6 Å². The number of rotatable bonds is 4. The second-order valence-electron chi connectivity index (χ2n) is 6.22. The van der Waals surface area contributed by atoms with Crippen molar-refractivity contribution in [2.45, 2.75) is 52.0 Å². The number of nitrogens with one attached hydrogen (secondary N) is 1. The standard InChI is InChI=1S/C14H25N3OS/c1-5-15-11(10-6-8-18-9-7-10)12-13(14(2,3)4)16-17-19-12/h10-11,15H,5-9H2,1-4H3. The summed E-state index contributed by atoms with van der Waals surface area (Å²) in [5.41, 5.74) is 1.20. The first-order valence-corrected chi connectivity index (χ1v) is 7.95. The van der Waals surface area contributed by atoms with Gasteiger partial charge in [-0.25, -0.2) is 0 Å². The molecule has 0 radical (unpaired) electrons. The molecule has 0 bridgehead atoms. The summed E-state index contributed by atoms with van der Waals surface area (Å²) >= 11 is 1.55. The van der Waals surface area contributed by atoms with Crippen LogP contribution in [0.15, 0.2) is 0 Å². The fourth-order valence-corrected chi connectivity index (χ4v) is 3.70. The minimum Gasteiger partial charge on any atom is -0.381 e. The van der Waals surface area contributed by atoms with E-state index in [1.165, 1.54) is 4.88 Å². The molecule has 1 aromatic rings. The lowest BCUT2D eigenvalue weighted by molar-refractivity contribution is 0.0540. The van der Waals surface area contributed by atoms with Crippen molar-refractivity contribution in [2.24, 2.45) is 5.92 Å². The van der Waals surface area contributed by atoms with Crippen LogP contribution in [0.25, 0.3) is 0 Å². The zero-order chi connectivity index (χ0) is 13.9. The third kappa shape index (κ3) is 3.52. The van der Waals surface area contributed by atoms with Gasteiger partial charge >= 0.3 is 0 Å². The van der Waals surface area contributed by atoms with Crippen LogP contribution in [0, 0.1) is 5.92 Å². The normalized spacial score (nSPS) is 19.6. The van der Waals surface area contributed by atoms with E-state index in [9.17, 15) is 0 Å². The molecule has 1 atom stereocenters. The first kappa shape index (κ1) is 14.9. The predicted octanol–water partition coefficient (Wildman–Crippen LogP) is 2.91. The fourth-order valence-electron chi connectivity index (χ4n) is 2.66. The molecule has 108 valence electrons. The minimum absolute atomic E-state index is 0.0567. The maximum Gasteiger partial charge on any atom is 0.0857 e. The van der Waals surface area contributed by atoms with Gasteiger partial charge in [0, 0.05) is 24.7 Å². The Bertz CT molecular complexity index is 394. The van der Waals surface area contributed by atoms with Crippen molar-refractivity contribution < 1.29 is 4.74 Å². The second kappa shape index (κ2) is 6.29. The van der Waals surface area contributed by atoms with Gasteiger partial charge in [-0.05, 0) is 36.8 Å². The molecule has 4 nitrogen and oxygen atoms in total. The van der Waals surface area contributed by atoms with Crippen LogP contribution in [-0.2, 0) is 10.2 Å². The van der Waals surface area contributed by atoms with E-state index in [4.69, 9.17) is 4.74 Å². The molecule has 1 saturated heterocycles. The SMILES string of the molecule is CCNC(c1snnc1C(C)(C)C)C1CCOCC1. The number of hydrogen-bond acceptors (Lipinski definition) is 5. The zero-order valence-corrected chi connectivity index (χ0v) is 13.2. The Morgan fingerprint density at radius 1 is 1.37 bits per heavy atom. The molecule has 0 aliphatic carbocycles. The average Bonchev–Trinajstić information content (AvgIpc) is 2.86. The van der Waals surface area contributed by atoms with Crippen LogP contribution in [0.3, 0.4) is 0 Å². The summed E-state index contributed by atoms with van der Waals surface area (Å²) < 4.78 is 9.69. The van der Waals surface area contributed by atoms with Gasteiger partial charge in [-0.15, -0.1) is 5.10 Å². The number of ether oxygens (including phenoxy) is 1. The molecule has 1 unspecified atom stereocenters. The van der Waals surface area contributed by atoms with E-state index in [-0.39, 0.29) is 5.41 Å². The van der Waals surface area contributed by atoms with Crippen molar-refractivity contribution in [3.8, 4) is 0 Å². The van der Waals surface area contributed by atoms with Gasteiger partial charge in [0.15, 0.2) is 0 Å². The van der Waals surface area contributed by atoms with E-state index in [0.29, 0.717) is 12.0 Å². The van der Waals surface area contributed by atoms with Crippen LogP contribution in [0.1, 0.15) is 57.1 Å².